The third-order valence-electron chi connectivity index (χ3n) is 2.93. The maximum Gasteiger partial charge on any atom is 0.0703 e. The van der Waals surface area contributed by atoms with E-state index in [1.165, 1.54) is 12.1 Å². The molecular formula is C12H22BrN3S. The predicted octanol–water partition coefficient (Wildman–Crippen LogP) is 3.46. The summed E-state index contributed by atoms with van der Waals surface area (Å²) in [5.41, 5.74) is 1.26. The normalized spacial score (nSPS) is 14.9. The van der Waals surface area contributed by atoms with Gasteiger partial charge in [-0.25, -0.2) is 0 Å². The molecule has 1 aromatic heterocycles. The summed E-state index contributed by atoms with van der Waals surface area (Å²) in [6, 6.07) is 0.353. The van der Waals surface area contributed by atoms with Gasteiger partial charge in [-0.15, -0.1) is 0 Å². The molecule has 0 aliphatic heterocycles. The fourth-order valence-electron chi connectivity index (χ4n) is 1.65. The van der Waals surface area contributed by atoms with Gasteiger partial charge in [0, 0.05) is 17.5 Å². The van der Waals surface area contributed by atoms with Gasteiger partial charge in [-0.05, 0) is 36.3 Å². The van der Waals surface area contributed by atoms with Crippen LogP contribution in [0.5, 0.6) is 0 Å². The Labute approximate surface area is 117 Å². The van der Waals surface area contributed by atoms with Crippen LogP contribution in [0.15, 0.2) is 10.7 Å². The van der Waals surface area contributed by atoms with Crippen molar-refractivity contribution in [3.8, 4) is 0 Å². The highest BCUT2D eigenvalue weighted by molar-refractivity contribution is 9.10. The molecule has 17 heavy (non-hydrogen) atoms. The van der Waals surface area contributed by atoms with E-state index in [1.54, 1.807) is 0 Å². The number of nitrogens with one attached hydrogen (secondary N) is 1. The van der Waals surface area contributed by atoms with Crippen LogP contribution in [0.2, 0.25) is 0 Å². The minimum atomic E-state index is 0.353. The minimum absolute atomic E-state index is 0.353. The Morgan fingerprint density at radius 1 is 1.53 bits per heavy atom. The number of hydrogen-bond acceptors (Lipinski definition) is 3. The molecule has 0 radical (unpaired) electrons. The summed E-state index contributed by atoms with van der Waals surface area (Å²) in [6.45, 7) is 7.55. The van der Waals surface area contributed by atoms with Crippen LogP contribution in [0.4, 0.5) is 0 Å². The number of hydrogen-bond donors (Lipinski definition) is 1. The van der Waals surface area contributed by atoms with Gasteiger partial charge in [0.2, 0.25) is 0 Å². The van der Waals surface area contributed by atoms with E-state index in [1.807, 2.05) is 25.0 Å². The highest BCUT2D eigenvalue weighted by Gasteiger charge is 2.18. The lowest BCUT2D eigenvalue weighted by Crippen LogP contribution is -2.23. The predicted molar refractivity (Wildman–Crippen MR) is 79.6 cm³/mol. The molecule has 0 aromatic carbocycles. The Balaban J connectivity index is 2.75. The Bertz CT molecular complexity index is 340. The van der Waals surface area contributed by atoms with E-state index in [2.05, 4.69) is 51.8 Å². The fourth-order valence-corrected chi connectivity index (χ4v) is 3.30. The second kappa shape index (κ2) is 7.44. The molecule has 0 saturated carbocycles. The number of rotatable bonds is 7. The third-order valence-corrected chi connectivity index (χ3v) is 4.97. The highest BCUT2D eigenvalue weighted by atomic mass is 79.9. The molecule has 1 rings (SSSR count). The van der Waals surface area contributed by atoms with E-state index in [0.717, 1.165) is 16.8 Å². The quantitative estimate of drug-likeness (QED) is 0.834. The zero-order chi connectivity index (χ0) is 12.8. The summed E-state index contributed by atoms with van der Waals surface area (Å²) < 4.78 is 3.16. The van der Waals surface area contributed by atoms with Crippen molar-refractivity contribution in [2.75, 3.05) is 12.8 Å². The van der Waals surface area contributed by atoms with Crippen molar-refractivity contribution in [2.45, 2.75) is 45.0 Å². The summed E-state index contributed by atoms with van der Waals surface area (Å²) >= 11 is 5.60. The summed E-state index contributed by atoms with van der Waals surface area (Å²) in [5, 5.41) is 8.47. The van der Waals surface area contributed by atoms with Crippen LogP contribution in [0.1, 0.15) is 38.9 Å². The number of aryl methyl sites for hydroxylation is 1. The first-order valence-electron chi connectivity index (χ1n) is 6.14. The van der Waals surface area contributed by atoms with Crippen LogP contribution in [-0.2, 0) is 6.54 Å². The number of halogens is 1. The minimum Gasteiger partial charge on any atom is -0.311 e. The second-order valence-corrected chi connectivity index (χ2v) is 6.41. The van der Waals surface area contributed by atoms with Gasteiger partial charge < -0.3 is 5.32 Å². The fraction of sp³-hybridized carbons (Fsp3) is 0.750. The Kier molecular flexibility index (Phi) is 6.59. The highest BCUT2D eigenvalue weighted by Crippen LogP contribution is 2.27. The van der Waals surface area contributed by atoms with E-state index in [9.17, 15) is 0 Å². The van der Waals surface area contributed by atoms with Crippen LogP contribution in [0.25, 0.3) is 0 Å². The summed E-state index contributed by atoms with van der Waals surface area (Å²) in [5.74, 6) is 1.08. The van der Waals surface area contributed by atoms with Crippen LogP contribution in [0, 0.1) is 0 Å². The summed E-state index contributed by atoms with van der Waals surface area (Å²) in [6.07, 6.45) is 3.10. The van der Waals surface area contributed by atoms with Crippen molar-refractivity contribution in [2.24, 2.45) is 0 Å². The van der Waals surface area contributed by atoms with Crippen molar-refractivity contribution >= 4 is 27.7 Å². The first kappa shape index (κ1) is 15.1. The molecule has 2 unspecified atom stereocenters. The van der Waals surface area contributed by atoms with E-state index in [4.69, 9.17) is 0 Å². The average Bonchev–Trinajstić information content (AvgIpc) is 2.71. The smallest absolute Gasteiger partial charge is 0.0703 e. The van der Waals surface area contributed by atoms with Crippen LogP contribution in [-0.4, -0.2) is 27.8 Å². The molecule has 1 aromatic rings. The second-order valence-electron chi connectivity index (χ2n) is 4.09. The standard InChI is InChI=1S/C12H22BrN3S/c1-5-9(3)17-8-11(14-4)12-10(13)7-15-16(12)6-2/h7,9,11,14H,5-6,8H2,1-4H3. The lowest BCUT2D eigenvalue weighted by Gasteiger charge is -2.19. The summed E-state index contributed by atoms with van der Waals surface area (Å²) in [4.78, 5) is 0. The van der Waals surface area contributed by atoms with Crippen molar-refractivity contribution in [1.82, 2.24) is 15.1 Å². The largest absolute Gasteiger partial charge is 0.311 e. The molecule has 5 heteroatoms. The maximum absolute atomic E-state index is 4.37. The first-order valence-corrected chi connectivity index (χ1v) is 7.98. The topological polar surface area (TPSA) is 29.9 Å². The van der Waals surface area contributed by atoms with Gasteiger partial charge in [0.25, 0.3) is 0 Å². The molecule has 0 fully saturated rings. The zero-order valence-corrected chi connectivity index (χ0v) is 13.4. The zero-order valence-electron chi connectivity index (χ0n) is 11.0. The van der Waals surface area contributed by atoms with Gasteiger partial charge in [-0.3, -0.25) is 4.68 Å². The lowest BCUT2D eigenvalue weighted by atomic mass is 10.2. The molecular weight excluding hydrogens is 298 g/mol. The average molecular weight is 320 g/mol. The monoisotopic (exact) mass is 319 g/mol. The van der Waals surface area contributed by atoms with Crippen molar-refractivity contribution in [3.63, 3.8) is 0 Å². The van der Waals surface area contributed by atoms with Crippen molar-refractivity contribution in [1.29, 1.82) is 0 Å². The molecule has 3 nitrogen and oxygen atoms in total. The Morgan fingerprint density at radius 2 is 2.24 bits per heavy atom. The molecule has 0 bridgehead atoms. The number of aromatic nitrogens is 2. The molecule has 98 valence electrons. The van der Waals surface area contributed by atoms with Crippen LogP contribution >= 0.6 is 27.7 Å². The van der Waals surface area contributed by atoms with Gasteiger partial charge in [-0.1, -0.05) is 13.8 Å². The molecule has 2 atom stereocenters. The van der Waals surface area contributed by atoms with Crippen molar-refractivity contribution < 1.29 is 0 Å². The molecule has 1 N–H and O–H groups in total. The molecule has 1 heterocycles. The Morgan fingerprint density at radius 3 is 2.76 bits per heavy atom. The van der Waals surface area contributed by atoms with Crippen LogP contribution < -0.4 is 5.32 Å². The van der Waals surface area contributed by atoms with Crippen molar-refractivity contribution in [3.05, 3.63) is 16.4 Å². The van der Waals surface area contributed by atoms with E-state index < -0.39 is 0 Å². The molecule has 0 amide bonds. The maximum atomic E-state index is 4.37. The summed E-state index contributed by atoms with van der Waals surface area (Å²) in [7, 11) is 2.02. The van der Waals surface area contributed by atoms with E-state index in [0.29, 0.717) is 11.3 Å². The number of nitrogens with zero attached hydrogens (tertiary/aromatic N) is 2. The van der Waals surface area contributed by atoms with Gasteiger partial charge in [0.05, 0.1) is 22.4 Å². The molecule has 0 spiro atoms. The SMILES string of the molecule is CCC(C)SCC(NC)c1c(Br)cnn1CC. The molecule has 0 aliphatic rings. The Hall–Kier alpha value is 0. The molecule has 0 aliphatic carbocycles. The van der Waals surface area contributed by atoms with E-state index >= 15 is 0 Å². The lowest BCUT2D eigenvalue weighted by molar-refractivity contribution is 0.547. The first-order chi connectivity index (χ1) is 8.13. The third kappa shape index (κ3) is 4.00. The van der Waals surface area contributed by atoms with Gasteiger partial charge in [0.1, 0.15) is 0 Å². The van der Waals surface area contributed by atoms with Gasteiger partial charge >= 0.3 is 0 Å². The van der Waals surface area contributed by atoms with Gasteiger partial charge in [-0.2, -0.15) is 16.9 Å². The van der Waals surface area contributed by atoms with Crippen LogP contribution in [0.3, 0.4) is 0 Å². The molecule has 0 saturated heterocycles. The number of thioether (sulfide) groups is 1. The van der Waals surface area contributed by atoms with Gasteiger partial charge in [0.15, 0.2) is 0 Å². The van der Waals surface area contributed by atoms with E-state index in [-0.39, 0.29) is 0 Å².